The summed E-state index contributed by atoms with van der Waals surface area (Å²) in [5.74, 6) is 0.748. The maximum Gasteiger partial charge on any atom is 0.137 e. The van der Waals surface area contributed by atoms with Crippen LogP contribution in [-0.2, 0) is 0 Å². The molecular weight excluding hydrogens is 235 g/mol. The Balaban J connectivity index is 2.79. The predicted octanol–water partition coefficient (Wildman–Crippen LogP) is 3.49. The molecule has 0 heterocycles. The van der Waals surface area contributed by atoms with Crippen molar-refractivity contribution in [3.8, 4) is 5.75 Å². The Hall–Kier alpha value is -0.570. The summed E-state index contributed by atoms with van der Waals surface area (Å²) in [5, 5.41) is 0. The molecule has 0 aliphatic rings. The topological polar surface area (TPSA) is 9.23 Å². The van der Waals surface area contributed by atoms with Gasteiger partial charge < -0.3 is 4.74 Å². The van der Waals surface area contributed by atoms with Gasteiger partial charge in [0.1, 0.15) is 11.9 Å². The summed E-state index contributed by atoms with van der Waals surface area (Å²) in [7, 11) is 1.59. The standard InChI is InChI=1S/C10H12BrFO/c1-7(11)10(12)8-3-5-9(13-2)6-4-8/h3-7,10H,1-2H3. The lowest BCUT2D eigenvalue weighted by Gasteiger charge is -2.10. The number of alkyl halides is 2. The molecule has 13 heavy (non-hydrogen) atoms. The van der Waals surface area contributed by atoms with E-state index in [1.54, 1.807) is 38.3 Å². The smallest absolute Gasteiger partial charge is 0.137 e. The van der Waals surface area contributed by atoms with Crippen LogP contribution in [0.15, 0.2) is 24.3 Å². The van der Waals surface area contributed by atoms with Gasteiger partial charge in [0.2, 0.25) is 0 Å². The normalized spacial score (nSPS) is 15.1. The van der Waals surface area contributed by atoms with Crippen LogP contribution in [-0.4, -0.2) is 11.9 Å². The SMILES string of the molecule is COc1ccc(C(F)C(C)Br)cc1. The van der Waals surface area contributed by atoms with Crippen molar-refractivity contribution in [2.75, 3.05) is 7.11 Å². The molecule has 1 rings (SSSR count). The average molecular weight is 247 g/mol. The fourth-order valence-electron chi connectivity index (χ4n) is 1.05. The van der Waals surface area contributed by atoms with E-state index >= 15 is 0 Å². The number of ether oxygens (including phenoxy) is 1. The second kappa shape index (κ2) is 4.61. The molecule has 0 aromatic heterocycles. The zero-order chi connectivity index (χ0) is 9.84. The van der Waals surface area contributed by atoms with E-state index in [0.717, 1.165) is 5.75 Å². The number of benzene rings is 1. The molecule has 3 heteroatoms. The van der Waals surface area contributed by atoms with E-state index < -0.39 is 6.17 Å². The highest BCUT2D eigenvalue weighted by atomic mass is 79.9. The quantitative estimate of drug-likeness (QED) is 0.743. The second-order valence-corrected chi connectivity index (χ2v) is 4.30. The van der Waals surface area contributed by atoms with E-state index in [-0.39, 0.29) is 4.83 Å². The van der Waals surface area contributed by atoms with Gasteiger partial charge in [-0.25, -0.2) is 4.39 Å². The van der Waals surface area contributed by atoms with Crippen molar-refractivity contribution in [2.24, 2.45) is 0 Å². The summed E-state index contributed by atoms with van der Waals surface area (Å²) >= 11 is 3.21. The molecule has 0 fully saturated rings. The Kier molecular flexibility index (Phi) is 3.72. The lowest BCUT2D eigenvalue weighted by Crippen LogP contribution is -2.02. The summed E-state index contributed by atoms with van der Waals surface area (Å²) in [6.45, 7) is 1.79. The van der Waals surface area contributed by atoms with Gasteiger partial charge in [0.15, 0.2) is 0 Å². The van der Waals surface area contributed by atoms with Crippen LogP contribution in [0.1, 0.15) is 18.7 Å². The molecule has 0 radical (unpaired) electrons. The molecule has 0 N–H and O–H groups in total. The van der Waals surface area contributed by atoms with Crippen LogP contribution in [0.5, 0.6) is 5.75 Å². The zero-order valence-corrected chi connectivity index (χ0v) is 9.21. The first-order chi connectivity index (χ1) is 6.15. The van der Waals surface area contributed by atoms with E-state index in [4.69, 9.17) is 4.74 Å². The van der Waals surface area contributed by atoms with Crippen LogP contribution >= 0.6 is 15.9 Å². The minimum Gasteiger partial charge on any atom is -0.497 e. The fourth-order valence-corrected chi connectivity index (χ4v) is 1.36. The summed E-state index contributed by atoms with van der Waals surface area (Å²) in [4.78, 5) is -0.166. The van der Waals surface area contributed by atoms with E-state index in [9.17, 15) is 4.39 Å². The van der Waals surface area contributed by atoms with E-state index in [1.165, 1.54) is 0 Å². The van der Waals surface area contributed by atoms with Gasteiger partial charge in [-0.05, 0) is 24.6 Å². The third kappa shape index (κ3) is 2.69. The van der Waals surface area contributed by atoms with Gasteiger partial charge >= 0.3 is 0 Å². The van der Waals surface area contributed by atoms with Gasteiger partial charge in [-0.15, -0.1) is 0 Å². The number of hydrogen-bond donors (Lipinski definition) is 0. The highest BCUT2D eigenvalue weighted by molar-refractivity contribution is 9.09. The molecular formula is C10H12BrFO. The lowest BCUT2D eigenvalue weighted by atomic mass is 10.1. The van der Waals surface area contributed by atoms with E-state index in [2.05, 4.69) is 15.9 Å². The molecule has 0 amide bonds. The van der Waals surface area contributed by atoms with Gasteiger partial charge in [-0.3, -0.25) is 0 Å². The summed E-state index contributed by atoms with van der Waals surface area (Å²) in [6.07, 6.45) is -0.967. The second-order valence-electron chi connectivity index (χ2n) is 2.85. The molecule has 72 valence electrons. The molecule has 1 aromatic rings. The van der Waals surface area contributed by atoms with Gasteiger partial charge in [0, 0.05) is 4.83 Å². The number of hydrogen-bond acceptors (Lipinski definition) is 1. The Bertz CT molecular complexity index is 258. The Morgan fingerprint density at radius 2 is 1.85 bits per heavy atom. The van der Waals surface area contributed by atoms with Crippen LogP contribution in [0.4, 0.5) is 4.39 Å². The molecule has 1 nitrogen and oxygen atoms in total. The van der Waals surface area contributed by atoms with Crippen LogP contribution in [0.2, 0.25) is 0 Å². The fraction of sp³-hybridized carbons (Fsp3) is 0.400. The van der Waals surface area contributed by atoms with Crippen LogP contribution < -0.4 is 4.74 Å². The van der Waals surface area contributed by atoms with Crippen molar-refractivity contribution in [1.29, 1.82) is 0 Å². The molecule has 0 aliphatic heterocycles. The number of halogens is 2. The van der Waals surface area contributed by atoms with Crippen molar-refractivity contribution < 1.29 is 9.13 Å². The summed E-state index contributed by atoms with van der Waals surface area (Å²) in [5.41, 5.74) is 0.671. The minimum absolute atomic E-state index is 0.166. The highest BCUT2D eigenvalue weighted by Gasteiger charge is 2.14. The van der Waals surface area contributed by atoms with Crippen molar-refractivity contribution in [2.45, 2.75) is 17.9 Å². The van der Waals surface area contributed by atoms with Gasteiger partial charge in [-0.1, -0.05) is 28.1 Å². The Morgan fingerprint density at radius 3 is 2.23 bits per heavy atom. The number of rotatable bonds is 3. The van der Waals surface area contributed by atoms with Crippen LogP contribution in [0, 0.1) is 0 Å². The van der Waals surface area contributed by atoms with Crippen molar-refractivity contribution in [1.82, 2.24) is 0 Å². The van der Waals surface area contributed by atoms with Crippen molar-refractivity contribution >= 4 is 15.9 Å². The lowest BCUT2D eigenvalue weighted by molar-refractivity contribution is 0.345. The first-order valence-corrected chi connectivity index (χ1v) is 4.99. The van der Waals surface area contributed by atoms with Crippen molar-refractivity contribution in [3.05, 3.63) is 29.8 Å². The minimum atomic E-state index is -0.967. The molecule has 0 aliphatic carbocycles. The first-order valence-electron chi connectivity index (χ1n) is 4.07. The van der Waals surface area contributed by atoms with Gasteiger partial charge in [0.05, 0.1) is 7.11 Å². The van der Waals surface area contributed by atoms with Gasteiger partial charge in [-0.2, -0.15) is 0 Å². The van der Waals surface area contributed by atoms with Gasteiger partial charge in [0.25, 0.3) is 0 Å². The molecule has 0 spiro atoms. The third-order valence-corrected chi connectivity index (χ3v) is 2.30. The Labute approximate surface area is 86.0 Å². The van der Waals surface area contributed by atoms with Crippen LogP contribution in [0.25, 0.3) is 0 Å². The highest BCUT2D eigenvalue weighted by Crippen LogP contribution is 2.27. The monoisotopic (exact) mass is 246 g/mol. The van der Waals surface area contributed by atoms with E-state index in [1.807, 2.05) is 0 Å². The average Bonchev–Trinajstić information content (AvgIpc) is 2.17. The summed E-state index contributed by atoms with van der Waals surface area (Å²) < 4.78 is 18.4. The number of methoxy groups -OCH3 is 1. The van der Waals surface area contributed by atoms with E-state index in [0.29, 0.717) is 5.56 Å². The summed E-state index contributed by atoms with van der Waals surface area (Å²) in [6, 6.07) is 7.00. The molecule has 2 unspecified atom stereocenters. The maximum atomic E-state index is 13.4. The van der Waals surface area contributed by atoms with Crippen molar-refractivity contribution in [3.63, 3.8) is 0 Å². The predicted molar refractivity (Wildman–Crippen MR) is 55.2 cm³/mol. The molecule has 2 atom stereocenters. The largest absolute Gasteiger partial charge is 0.497 e. The molecule has 0 bridgehead atoms. The van der Waals surface area contributed by atoms with Crippen LogP contribution in [0.3, 0.4) is 0 Å². The third-order valence-electron chi connectivity index (χ3n) is 1.84. The molecule has 0 saturated carbocycles. The zero-order valence-electron chi connectivity index (χ0n) is 7.63. The maximum absolute atomic E-state index is 13.4. The molecule has 0 saturated heterocycles. The molecule has 1 aromatic carbocycles. The Morgan fingerprint density at radius 1 is 1.31 bits per heavy atom. The first kappa shape index (κ1) is 10.5.